The van der Waals surface area contributed by atoms with E-state index in [9.17, 15) is 14.9 Å². The van der Waals surface area contributed by atoms with E-state index in [2.05, 4.69) is 0 Å². The molecule has 0 fully saturated rings. The molecule has 2 aromatic carbocycles. The van der Waals surface area contributed by atoms with Crippen LogP contribution >= 0.6 is 11.6 Å². The fourth-order valence-electron chi connectivity index (χ4n) is 3.20. The predicted molar refractivity (Wildman–Crippen MR) is 96.6 cm³/mol. The Kier molecular flexibility index (Phi) is 5.42. The second kappa shape index (κ2) is 7.74. The Morgan fingerprint density at radius 3 is 2.69 bits per heavy atom. The molecule has 0 aromatic heterocycles. The van der Waals surface area contributed by atoms with Crippen molar-refractivity contribution < 1.29 is 19.2 Å². The van der Waals surface area contributed by atoms with Crippen molar-refractivity contribution >= 4 is 17.6 Å². The number of benzene rings is 2. The van der Waals surface area contributed by atoms with Gasteiger partial charge < -0.3 is 9.47 Å². The summed E-state index contributed by atoms with van der Waals surface area (Å²) in [5, 5.41) is 11.8. The van der Waals surface area contributed by atoms with Crippen molar-refractivity contribution in [1.82, 2.24) is 0 Å². The minimum Gasteiger partial charge on any atom is -0.465 e. The Morgan fingerprint density at radius 2 is 1.96 bits per heavy atom. The van der Waals surface area contributed by atoms with E-state index in [0.29, 0.717) is 34.1 Å². The van der Waals surface area contributed by atoms with Crippen molar-refractivity contribution in [3.63, 3.8) is 0 Å². The molecule has 0 bridgehead atoms. The van der Waals surface area contributed by atoms with Gasteiger partial charge in [-0.1, -0.05) is 36.7 Å². The SMILES string of the molecule is CCCOC(=O)C1c2cc(Cl)ccc2Oc2ccccc2C1C[N+](=O)[O-]. The predicted octanol–water partition coefficient (Wildman–Crippen LogP) is 4.54. The maximum atomic E-state index is 12.8. The molecule has 0 saturated heterocycles. The van der Waals surface area contributed by atoms with Crippen LogP contribution in [0.25, 0.3) is 0 Å². The van der Waals surface area contributed by atoms with Crippen LogP contribution in [0.4, 0.5) is 0 Å². The summed E-state index contributed by atoms with van der Waals surface area (Å²) in [4.78, 5) is 23.8. The molecule has 26 heavy (non-hydrogen) atoms. The molecule has 2 unspecified atom stereocenters. The Labute approximate surface area is 155 Å². The number of carbonyl (C=O) groups is 1. The number of nitro groups is 1. The number of fused-ring (bicyclic) bond motifs is 2. The van der Waals surface area contributed by atoms with Gasteiger partial charge in [-0.15, -0.1) is 0 Å². The third-order valence-corrected chi connectivity index (χ3v) is 4.53. The van der Waals surface area contributed by atoms with Gasteiger partial charge in [0, 0.05) is 21.1 Å². The lowest BCUT2D eigenvalue weighted by molar-refractivity contribution is -0.483. The molecule has 136 valence electrons. The number of rotatable bonds is 5. The fourth-order valence-corrected chi connectivity index (χ4v) is 3.38. The summed E-state index contributed by atoms with van der Waals surface area (Å²) >= 11 is 6.13. The van der Waals surface area contributed by atoms with E-state index in [0.717, 1.165) is 0 Å². The lowest BCUT2D eigenvalue weighted by atomic mass is 9.81. The van der Waals surface area contributed by atoms with Crippen LogP contribution in [-0.4, -0.2) is 24.0 Å². The van der Waals surface area contributed by atoms with Gasteiger partial charge >= 0.3 is 5.97 Å². The largest absolute Gasteiger partial charge is 0.465 e. The molecular weight excluding hydrogens is 358 g/mol. The lowest BCUT2D eigenvalue weighted by Gasteiger charge is -2.22. The first-order chi connectivity index (χ1) is 12.5. The van der Waals surface area contributed by atoms with Crippen LogP contribution < -0.4 is 4.74 Å². The molecule has 1 heterocycles. The second-order valence-corrected chi connectivity index (χ2v) is 6.53. The van der Waals surface area contributed by atoms with Crippen LogP contribution in [0.3, 0.4) is 0 Å². The number of ether oxygens (including phenoxy) is 2. The average Bonchev–Trinajstić information content (AvgIpc) is 2.74. The van der Waals surface area contributed by atoms with Gasteiger partial charge in [0.2, 0.25) is 6.54 Å². The number of hydrogen-bond donors (Lipinski definition) is 0. The minimum atomic E-state index is -0.871. The maximum absolute atomic E-state index is 12.8. The van der Waals surface area contributed by atoms with Crippen molar-refractivity contribution in [2.45, 2.75) is 25.2 Å². The zero-order chi connectivity index (χ0) is 18.7. The molecule has 0 N–H and O–H groups in total. The highest BCUT2D eigenvalue weighted by Crippen LogP contribution is 2.47. The first-order valence-electron chi connectivity index (χ1n) is 8.36. The van der Waals surface area contributed by atoms with Crippen LogP contribution in [-0.2, 0) is 9.53 Å². The normalized spacial score (nSPS) is 18.1. The fraction of sp³-hybridized carbons (Fsp3) is 0.316. The standard InChI is InChI=1S/C19H18ClNO5/c1-2-9-25-19(22)18-14-10-12(20)7-8-17(14)26-16-6-4-3-5-13(16)15(18)11-21(23)24/h3-8,10,15,18H,2,9,11H2,1H3. The Morgan fingerprint density at radius 1 is 1.23 bits per heavy atom. The number of hydrogen-bond acceptors (Lipinski definition) is 5. The van der Waals surface area contributed by atoms with Crippen molar-refractivity contribution in [1.29, 1.82) is 0 Å². The third-order valence-electron chi connectivity index (χ3n) is 4.30. The van der Waals surface area contributed by atoms with E-state index in [1.54, 1.807) is 42.5 Å². The first-order valence-corrected chi connectivity index (χ1v) is 8.73. The molecule has 3 rings (SSSR count). The van der Waals surface area contributed by atoms with Crippen LogP contribution in [0.15, 0.2) is 42.5 Å². The molecule has 2 atom stereocenters. The molecule has 6 nitrogen and oxygen atoms in total. The van der Waals surface area contributed by atoms with E-state index in [4.69, 9.17) is 21.1 Å². The molecule has 1 aliphatic heterocycles. The molecule has 0 spiro atoms. The van der Waals surface area contributed by atoms with Crippen LogP contribution in [0.5, 0.6) is 11.5 Å². The van der Waals surface area contributed by atoms with Gasteiger partial charge in [0.1, 0.15) is 11.5 Å². The summed E-state index contributed by atoms with van der Waals surface area (Å²) in [5.41, 5.74) is 1.11. The number of esters is 1. The molecular formula is C19H18ClNO5. The van der Waals surface area contributed by atoms with Crippen molar-refractivity contribution in [2.24, 2.45) is 0 Å². The average molecular weight is 376 g/mol. The number of carbonyl (C=O) groups excluding carboxylic acids is 1. The van der Waals surface area contributed by atoms with Gasteiger partial charge in [-0.2, -0.15) is 0 Å². The van der Waals surface area contributed by atoms with Crippen molar-refractivity contribution in [3.05, 3.63) is 68.7 Å². The Balaban J connectivity index is 2.18. The van der Waals surface area contributed by atoms with Crippen LogP contribution in [0.1, 0.15) is 36.3 Å². The number of nitrogens with zero attached hydrogens (tertiary/aromatic N) is 1. The lowest BCUT2D eigenvalue weighted by Crippen LogP contribution is -2.27. The molecule has 1 aliphatic rings. The minimum absolute atomic E-state index is 0.249. The summed E-state index contributed by atoms with van der Waals surface area (Å²) < 4.78 is 11.3. The highest BCUT2D eigenvalue weighted by molar-refractivity contribution is 6.30. The van der Waals surface area contributed by atoms with Crippen molar-refractivity contribution in [3.8, 4) is 11.5 Å². The van der Waals surface area contributed by atoms with Gasteiger partial charge in [-0.3, -0.25) is 14.9 Å². The quantitative estimate of drug-likeness (QED) is 0.435. The topological polar surface area (TPSA) is 78.7 Å². The molecule has 0 saturated carbocycles. The zero-order valence-electron chi connectivity index (χ0n) is 14.2. The van der Waals surface area contributed by atoms with Gasteiger partial charge in [0.15, 0.2) is 0 Å². The van der Waals surface area contributed by atoms with Gasteiger partial charge in [0.25, 0.3) is 0 Å². The Hall–Kier alpha value is -2.60. The van der Waals surface area contributed by atoms with Gasteiger partial charge in [-0.25, -0.2) is 0 Å². The summed E-state index contributed by atoms with van der Waals surface area (Å²) in [7, 11) is 0. The number of halogens is 1. The van der Waals surface area contributed by atoms with E-state index in [-0.39, 0.29) is 6.61 Å². The molecule has 2 aromatic rings. The smallest absolute Gasteiger partial charge is 0.314 e. The first kappa shape index (κ1) is 18.2. The van der Waals surface area contributed by atoms with E-state index in [1.165, 1.54) is 0 Å². The molecule has 0 amide bonds. The van der Waals surface area contributed by atoms with E-state index in [1.807, 2.05) is 6.92 Å². The monoisotopic (exact) mass is 375 g/mol. The van der Waals surface area contributed by atoms with E-state index < -0.39 is 29.3 Å². The van der Waals surface area contributed by atoms with Crippen molar-refractivity contribution in [2.75, 3.05) is 13.2 Å². The highest BCUT2D eigenvalue weighted by atomic mass is 35.5. The van der Waals surface area contributed by atoms with E-state index >= 15 is 0 Å². The molecule has 7 heteroatoms. The second-order valence-electron chi connectivity index (χ2n) is 6.09. The molecule has 0 aliphatic carbocycles. The van der Waals surface area contributed by atoms with Crippen LogP contribution in [0.2, 0.25) is 5.02 Å². The van der Waals surface area contributed by atoms with Gasteiger partial charge in [0.05, 0.1) is 18.4 Å². The highest BCUT2D eigenvalue weighted by Gasteiger charge is 2.41. The zero-order valence-corrected chi connectivity index (χ0v) is 14.9. The Bertz CT molecular complexity index is 838. The van der Waals surface area contributed by atoms with Crippen LogP contribution in [0, 0.1) is 10.1 Å². The molecule has 0 radical (unpaired) electrons. The summed E-state index contributed by atoms with van der Waals surface area (Å²) in [6.07, 6.45) is 0.661. The number of para-hydroxylation sites is 1. The third kappa shape index (κ3) is 3.65. The maximum Gasteiger partial charge on any atom is 0.314 e. The summed E-state index contributed by atoms with van der Waals surface area (Å²) in [6, 6.07) is 12.0. The summed E-state index contributed by atoms with van der Waals surface area (Å²) in [6.45, 7) is 1.72. The summed E-state index contributed by atoms with van der Waals surface area (Å²) in [5.74, 6) is -1.16. The van der Waals surface area contributed by atoms with Gasteiger partial charge in [-0.05, 0) is 30.7 Å².